The van der Waals surface area contributed by atoms with Gasteiger partial charge in [0.25, 0.3) is 5.91 Å². The summed E-state index contributed by atoms with van der Waals surface area (Å²) in [6.07, 6.45) is 3.11. The number of para-hydroxylation sites is 1. The van der Waals surface area contributed by atoms with Crippen molar-refractivity contribution >= 4 is 12.1 Å². The predicted molar refractivity (Wildman–Crippen MR) is 86.7 cm³/mol. The molecule has 23 heavy (non-hydrogen) atoms. The third-order valence-corrected chi connectivity index (χ3v) is 3.45. The van der Waals surface area contributed by atoms with E-state index in [4.69, 9.17) is 0 Å². The van der Waals surface area contributed by atoms with Gasteiger partial charge in [0.05, 0.1) is 23.3 Å². The van der Waals surface area contributed by atoms with Crippen LogP contribution in [0.1, 0.15) is 27.4 Å². The molecule has 0 aliphatic rings. The molecular formula is C16H16N6O. The molecule has 0 fully saturated rings. The minimum atomic E-state index is -0.343. The Morgan fingerprint density at radius 1 is 1.26 bits per heavy atom. The molecule has 1 amide bonds. The maximum Gasteiger partial charge on any atom is 0.289 e. The number of H-pyrrole nitrogens is 1. The highest BCUT2D eigenvalue weighted by Gasteiger charge is 2.11. The summed E-state index contributed by atoms with van der Waals surface area (Å²) in [4.78, 5) is 11.8. The van der Waals surface area contributed by atoms with Crippen molar-refractivity contribution in [3.8, 4) is 5.69 Å². The first-order chi connectivity index (χ1) is 11.2. The smallest absolute Gasteiger partial charge is 0.273 e. The van der Waals surface area contributed by atoms with E-state index in [0.29, 0.717) is 5.69 Å². The van der Waals surface area contributed by atoms with Gasteiger partial charge in [-0.3, -0.25) is 9.89 Å². The Morgan fingerprint density at radius 2 is 2.04 bits per heavy atom. The average molecular weight is 308 g/mol. The zero-order valence-corrected chi connectivity index (χ0v) is 12.8. The molecule has 7 heteroatoms. The highest BCUT2D eigenvalue weighted by Crippen LogP contribution is 2.15. The zero-order chi connectivity index (χ0) is 16.2. The molecule has 3 aromatic rings. The molecule has 0 radical (unpaired) electrons. The molecule has 116 valence electrons. The molecule has 0 atom stereocenters. The number of aromatic amines is 1. The van der Waals surface area contributed by atoms with Crippen molar-refractivity contribution in [2.24, 2.45) is 5.10 Å². The van der Waals surface area contributed by atoms with E-state index < -0.39 is 0 Å². The molecule has 0 spiro atoms. The first-order valence-corrected chi connectivity index (χ1v) is 7.11. The van der Waals surface area contributed by atoms with Crippen LogP contribution in [0.5, 0.6) is 0 Å². The zero-order valence-electron chi connectivity index (χ0n) is 12.8. The van der Waals surface area contributed by atoms with E-state index >= 15 is 0 Å². The summed E-state index contributed by atoms with van der Waals surface area (Å²) in [7, 11) is 0. The van der Waals surface area contributed by atoms with Crippen molar-refractivity contribution in [3.63, 3.8) is 0 Å². The molecule has 0 saturated carbocycles. The molecule has 3 rings (SSSR count). The number of rotatable bonds is 4. The van der Waals surface area contributed by atoms with Gasteiger partial charge in [-0.25, -0.2) is 10.1 Å². The summed E-state index contributed by atoms with van der Waals surface area (Å²) in [6.45, 7) is 3.87. The monoisotopic (exact) mass is 308 g/mol. The van der Waals surface area contributed by atoms with Crippen LogP contribution < -0.4 is 5.43 Å². The predicted octanol–water partition coefficient (Wildman–Crippen LogP) is 1.98. The van der Waals surface area contributed by atoms with E-state index in [1.54, 1.807) is 12.3 Å². The summed E-state index contributed by atoms with van der Waals surface area (Å²) in [5.41, 5.74) is 6.46. The molecule has 0 bridgehead atoms. The maximum absolute atomic E-state index is 11.8. The Kier molecular flexibility index (Phi) is 4.01. The Balaban J connectivity index is 1.80. The Morgan fingerprint density at radius 3 is 2.74 bits per heavy atom. The normalized spacial score (nSPS) is 11.0. The molecule has 2 aromatic heterocycles. The van der Waals surface area contributed by atoms with E-state index in [1.807, 2.05) is 48.9 Å². The number of hydrogen-bond donors (Lipinski definition) is 2. The van der Waals surface area contributed by atoms with Gasteiger partial charge in [0.15, 0.2) is 0 Å². The van der Waals surface area contributed by atoms with Crippen LogP contribution in [0, 0.1) is 13.8 Å². The quantitative estimate of drug-likeness (QED) is 0.570. The molecule has 2 N–H and O–H groups in total. The van der Waals surface area contributed by atoms with Crippen LogP contribution in [-0.2, 0) is 0 Å². The van der Waals surface area contributed by atoms with E-state index in [2.05, 4.69) is 25.8 Å². The number of aromatic nitrogens is 4. The fourth-order valence-electron chi connectivity index (χ4n) is 2.26. The molecule has 0 aliphatic heterocycles. The fourth-order valence-corrected chi connectivity index (χ4v) is 2.26. The van der Waals surface area contributed by atoms with E-state index in [9.17, 15) is 4.79 Å². The topological polar surface area (TPSA) is 88.0 Å². The number of carbonyl (C=O) groups is 1. The van der Waals surface area contributed by atoms with Crippen molar-refractivity contribution in [2.75, 3.05) is 0 Å². The van der Waals surface area contributed by atoms with Crippen LogP contribution in [0.4, 0.5) is 0 Å². The van der Waals surface area contributed by atoms with Crippen molar-refractivity contribution < 1.29 is 4.79 Å². The molecule has 0 saturated heterocycles. The summed E-state index contributed by atoms with van der Waals surface area (Å²) < 4.78 is 1.85. The van der Waals surface area contributed by atoms with Crippen LogP contribution in [0.25, 0.3) is 5.69 Å². The van der Waals surface area contributed by atoms with Crippen molar-refractivity contribution in [3.05, 3.63) is 65.2 Å². The third-order valence-electron chi connectivity index (χ3n) is 3.45. The van der Waals surface area contributed by atoms with Crippen molar-refractivity contribution in [1.29, 1.82) is 0 Å². The number of hydrogen-bond acceptors (Lipinski definition) is 4. The lowest BCUT2D eigenvalue weighted by Gasteiger charge is -2.03. The minimum absolute atomic E-state index is 0.343. The van der Waals surface area contributed by atoms with Crippen LogP contribution in [-0.4, -0.2) is 32.1 Å². The lowest BCUT2D eigenvalue weighted by molar-refractivity contribution is 0.0950. The summed E-state index contributed by atoms with van der Waals surface area (Å²) in [6, 6.07) is 11.4. The van der Waals surface area contributed by atoms with Crippen LogP contribution in [0.15, 0.2) is 47.7 Å². The highest BCUT2D eigenvalue weighted by atomic mass is 16.2. The second-order valence-corrected chi connectivity index (χ2v) is 5.00. The second-order valence-electron chi connectivity index (χ2n) is 5.00. The van der Waals surface area contributed by atoms with Gasteiger partial charge < -0.3 is 0 Å². The van der Waals surface area contributed by atoms with Gasteiger partial charge in [0.1, 0.15) is 5.69 Å². The summed E-state index contributed by atoms with van der Waals surface area (Å²) in [5.74, 6) is -0.343. The highest BCUT2D eigenvalue weighted by molar-refractivity contribution is 5.93. The number of aryl methyl sites for hydroxylation is 1. The number of hydrazone groups is 1. The van der Waals surface area contributed by atoms with Gasteiger partial charge in [-0.15, -0.1) is 0 Å². The van der Waals surface area contributed by atoms with E-state index in [0.717, 1.165) is 22.6 Å². The molecule has 0 unspecified atom stereocenters. The molecule has 2 heterocycles. The first kappa shape index (κ1) is 14.7. The van der Waals surface area contributed by atoms with Gasteiger partial charge in [0, 0.05) is 11.8 Å². The second kappa shape index (κ2) is 6.27. The number of nitrogens with zero attached hydrogens (tertiary/aromatic N) is 4. The number of carbonyl (C=O) groups excluding carboxylic acids is 1. The van der Waals surface area contributed by atoms with Gasteiger partial charge in [-0.05, 0) is 32.0 Å². The van der Waals surface area contributed by atoms with Gasteiger partial charge >= 0.3 is 0 Å². The summed E-state index contributed by atoms with van der Waals surface area (Å²) >= 11 is 0. The Bertz CT molecular complexity index is 833. The average Bonchev–Trinajstić information content (AvgIpc) is 3.19. The van der Waals surface area contributed by atoms with Crippen LogP contribution in [0.2, 0.25) is 0 Å². The third kappa shape index (κ3) is 3.03. The van der Waals surface area contributed by atoms with E-state index in [1.165, 1.54) is 6.20 Å². The standard InChI is InChI=1S/C16H16N6O/c1-11-14(10-18-20-16(23)15-8-9-17-19-15)12(2)22(21-11)13-6-4-3-5-7-13/h3-10H,1-2H3,(H,17,19)(H,20,23)/b18-10+. The SMILES string of the molecule is Cc1nn(-c2ccccc2)c(C)c1/C=N/NC(=O)c1ccn[nH]1. The van der Waals surface area contributed by atoms with Gasteiger partial charge in [0.2, 0.25) is 0 Å². The number of amides is 1. The fraction of sp³-hybridized carbons (Fsp3) is 0.125. The molecule has 0 aliphatic carbocycles. The lowest BCUT2D eigenvalue weighted by atomic mass is 10.2. The summed E-state index contributed by atoms with van der Waals surface area (Å²) in [5, 5.41) is 14.8. The number of nitrogens with one attached hydrogen (secondary N) is 2. The molecule has 7 nitrogen and oxygen atoms in total. The maximum atomic E-state index is 11.8. The van der Waals surface area contributed by atoms with Crippen LogP contribution >= 0.6 is 0 Å². The lowest BCUT2D eigenvalue weighted by Crippen LogP contribution is -2.18. The first-order valence-electron chi connectivity index (χ1n) is 7.11. The van der Waals surface area contributed by atoms with Gasteiger partial charge in [-0.1, -0.05) is 18.2 Å². The Labute approximate surface area is 133 Å². The molecular weight excluding hydrogens is 292 g/mol. The van der Waals surface area contributed by atoms with Gasteiger partial charge in [-0.2, -0.15) is 15.3 Å². The minimum Gasteiger partial charge on any atom is -0.273 e. The van der Waals surface area contributed by atoms with E-state index in [-0.39, 0.29) is 5.91 Å². The largest absolute Gasteiger partial charge is 0.289 e. The molecule has 1 aromatic carbocycles. The van der Waals surface area contributed by atoms with Crippen molar-refractivity contribution in [1.82, 2.24) is 25.4 Å². The Hall–Kier alpha value is -3.22. The number of benzene rings is 1. The van der Waals surface area contributed by atoms with Crippen LogP contribution in [0.3, 0.4) is 0 Å². The van der Waals surface area contributed by atoms with Crippen molar-refractivity contribution in [2.45, 2.75) is 13.8 Å².